The molecule has 5 heteroatoms. The minimum atomic E-state index is 0.0995. The van der Waals surface area contributed by atoms with E-state index in [2.05, 4.69) is 12.1 Å². The molecule has 0 N–H and O–H groups in total. The summed E-state index contributed by atoms with van der Waals surface area (Å²) in [5.41, 5.74) is 2.90. The van der Waals surface area contributed by atoms with Crippen LogP contribution < -0.4 is 4.90 Å². The SMILES string of the molecule is CSc1ccc(N2Cc3ccccc3C2=O)cc1.O=O. The van der Waals surface area contributed by atoms with Crippen molar-refractivity contribution in [2.24, 2.45) is 0 Å². The molecule has 0 spiro atoms. The molecule has 20 heavy (non-hydrogen) atoms. The van der Waals surface area contributed by atoms with E-state index >= 15 is 0 Å². The molecule has 4 nitrogen and oxygen atoms in total. The zero-order valence-electron chi connectivity index (χ0n) is 10.9. The summed E-state index contributed by atoms with van der Waals surface area (Å²) in [6, 6.07) is 15.9. The lowest BCUT2D eigenvalue weighted by Crippen LogP contribution is -2.22. The van der Waals surface area contributed by atoms with Crippen LogP contribution in [-0.4, -0.2) is 12.2 Å². The number of amides is 1. The molecule has 0 fully saturated rings. The van der Waals surface area contributed by atoms with E-state index in [4.69, 9.17) is 9.93 Å². The molecule has 0 radical (unpaired) electrons. The van der Waals surface area contributed by atoms with Gasteiger partial charge in [0, 0.05) is 26.1 Å². The van der Waals surface area contributed by atoms with Crippen molar-refractivity contribution in [3.05, 3.63) is 69.6 Å². The van der Waals surface area contributed by atoms with Crippen LogP contribution in [0.1, 0.15) is 15.9 Å². The lowest BCUT2D eigenvalue weighted by atomic mass is 10.1. The highest BCUT2D eigenvalue weighted by molar-refractivity contribution is 7.98. The Bertz CT molecular complexity index is 613. The summed E-state index contributed by atoms with van der Waals surface area (Å²) in [6.45, 7) is 0.674. The first-order valence-corrected chi connectivity index (χ1v) is 7.22. The third-order valence-electron chi connectivity index (χ3n) is 3.21. The fourth-order valence-electron chi connectivity index (χ4n) is 2.23. The largest absolute Gasteiger partial charge is 0.304 e. The first kappa shape index (κ1) is 14.3. The summed E-state index contributed by atoms with van der Waals surface area (Å²) < 4.78 is 0. The van der Waals surface area contributed by atoms with Crippen LogP contribution in [0.25, 0.3) is 0 Å². The van der Waals surface area contributed by atoms with E-state index in [0.29, 0.717) is 6.54 Å². The molecule has 0 aromatic heterocycles. The predicted molar refractivity (Wildman–Crippen MR) is 81.9 cm³/mol. The minimum absolute atomic E-state index is 0.0995. The average molecular weight is 287 g/mol. The number of nitrogens with zero attached hydrogens (tertiary/aromatic N) is 1. The molecule has 0 saturated heterocycles. The highest BCUT2D eigenvalue weighted by Gasteiger charge is 2.27. The van der Waals surface area contributed by atoms with Crippen molar-refractivity contribution >= 4 is 23.4 Å². The number of thioether (sulfide) groups is 1. The number of hydrogen-bond donors (Lipinski definition) is 0. The maximum absolute atomic E-state index is 12.3. The number of carbonyl (C=O) groups excluding carboxylic acids is 1. The minimum Gasteiger partial charge on any atom is -0.304 e. The molecule has 1 heterocycles. The summed E-state index contributed by atoms with van der Waals surface area (Å²) in [6.07, 6.45) is 2.05. The van der Waals surface area contributed by atoms with Gasteiger partial charge in [-0.2, -0.15) is 0 Å². The van der Waals surface area contributed by atoms with Crippen molar-refractivity contribution in [1.82, 2.24) is 0 Å². The molecule has 0 atom stereocenters. The molecular formula is C15H13NO3S. The molecule has 2 aromatic carbocycles. The molecule has 102 valence electrons. The van der Waals surface area contributed by atoms with Crippen molar-refractivity contribution in [2.75, 3.05) is 11.2 Å². The van der Waals surface area contributed by atoms with Crippen molar-refractivity contribution in [3.63, 3.8) is 0 Å². The number of hydrogen-bond acceptors (Lipinski definition) is 4. The molecule has 0 bridgehead atoms. The fraction of sp³-hybridized carbons (Fsp3) is 0.133. The lowest BCUT2D eigenvalue weighted by molar-refractivity contribution is 0.0996. The Morgan fingerprint density at radius 3 is 2.25 bits per heavy atom. The van der Waals surface area contributed by atoms with Crippen LogP contribution in [0.5, 0.6) is 0 Å². The van der Waals surface area contributed by atoms with E-state index in [-0.39, 0.29) is 5.91 Å². The van der Waals surface area contributed by atoms with E-state index in [1.807, 2.05) is 47.6 Å². The Balaban J connectivity index is 0.000000704. The zero-order valence-corrected chi connectivity index (χ0v) is 11.7. The lowest BCUT2D eigenvalue weighted by Gasteiger charge is -2.15. The maximum Gasteiger partial charge on any atom is 0.258 e. The third kappa shape index (κ3) is 2.58. The van der Waals surface area contributed by atoms with Gasteiger partial charge in [-0.15, -0.1) is 11.8 Å². The zero-order chi connectivity index (χ0) is 14.5. The van der Waals surface area contributed by atoms with Gasteiger partial charge in [-0.3, -0.25) is 4.79 Å². The van der Waals surface area contributed by atoms with E-state index in [1.54, 1.807) is 11.8 Å². The van der Waals surface area contributed by atoms with Gasteiger partial charge in [-0.05, 0) is 42.2 Å². The van der Waals surface area contributed by atoms with Gasteiger partial charge >= 0.3 is 0 Å². The van der Waals surface area contributed by atoms with Crippen LogP contribution in [-0.2, 0) is 6.54 Å². The summed E-state index contributed by atoms with van der Waals surface area (Å²) in [5.74, 6) is 0.0995. The van der Waals surface area contributed by atoms with Gasteiger partial charge in [0.05, 0.1) is 6.54 Å². The third-order valence-corrected chi connectivity index (χ3v) is 3.95. The van der Waals surface area contributed by atoms with Crippen LogP contribution in [0.2, 0.25) is 0 Å². The molecule has 3 rings (SSSR count). The van der Waals surface area contributed by atoms with Gasteiger partial charge in [0.2, 0.25) is 0 Å². The van der Waals surface area contributed by atoms with Crippen LogP contribution in [0, 0.1) is 9.93 Å². The number of carbonyl (C=O) groups is 1. The van der Waals surface area contributed by atoms with Gasteiger partial charge in [0.25, 0.3) is 5.91 Å². The smallest absolute Gasteiger partial charge is 0.258 e. The van der Waals surface area contributed by atoms with Gasteiger partial charge in [0.15, 0.2) is 0 Å². The summed E-state index contributed by atoms with van der Waals surface area (Å²) in [4.78, 5) is 29.3. The van der Waals surface area contributed by atoms with Gasteiger partial charge in [-0.25, -0.2) is 0 Å². The molecule has 0 unspecified atom stereocenters. The molecule has 1 aliphatic rings. The highest BCUT2D eigenvalue weighted by atomic mass is 32.2. The number of benzene rings is 2. The first-order valence-electron chi connectivity index (χ1n) is 6.00. The highest BCUT2D eigenvalue weighted by Crippen LogP contribution is 2.29. The molecule has 1 aliphatic heterocycles. The topological polar surface area (TPSA) is 54.5 Å². The molecular weight excluding hydrogens is 274 g/mol. The molecule has 0 aliphatic carbocycles. The number of fused-ring (bicyclic) bond motifs is 1. The Hall–Kier alpha value is -2.14. The van der Waals surface area contributed by atoms with Gasteiger partial charge < -0.3 is 4.90 Å². The fourth-order valence-corrected chi connectivity index (χ4v) is 2.63. The van der Waals surface area contributed by atoms with Gasteiger partial charge in [-0.1, -0.05) is 18.2 Å². The van der Waals surface area contributed by atoms with Crippen LogP contribution in [0.15, 0.2) is 53.4 Å². The Kier molecular flexibility index (Phi) is 4.53. The van der Waals surface area contributed by atoms with Crippen molar-refractivity contribution in [3.8, 4) is 0 Å². The monoisotopic (exact) mass is 287 g/mol. The van der Waals surface area contributed by atoms with E-state index in [1.165, 1.54) is 4.90 Å². The normalized spacial score (nSPS) is 12.7. The van der Waals surface area contributed by atoms with E-state index < -0.39 is 0 Å². The molecule has 1 amide bonds. The second-order valence-electron chi connectivity index (χ2n) is 4.25. The van der Waals surface area contributed by atoms with Crippen LogP contribution in [0.4, 0.5) is 5.69 Å². The van der Waals surface area contributed by atoms with Crippen molar-refractivity contribution in [1.29, 1.82) is 0 Å². The van der Waals surface area contributed by atoms with Gasteiger partial charge in [0.1, 0.15) is 0 Å². The molecule has 0 saturated carbocycles. The Labute approximate surface area is 121 Å². The summed E-state index contributed by atoms with van der Waals surface area (Å²) in [5, 5.41) is 0. The van der Waals surface area contributed by atoms with Crippen molar-refractivity contribution < 1.29 is 4.79 Å². The second-order valence-corrected chi connectivity index (χ2v) is 5.13. The van der Waals surface area contributed by atoms with Crippen LogP contribution in [0.3, 0.4) is 0 Å². The summed E-state index contributed by atoms with van der Waals surface area (Å²) >= 11 is 1.70. The van der Waals surface area contributed by atoms with E-state index in [9.17, 15) is 4.79 Å². The molecule has 2 aromatic rings. The number of anilines is 1. The quantitative estimate of drug-likeness (QED) is 0.791. The van der Waals surface area contributed by atoms with Crippen LogP contribution >= 0.6 is 11.8 Å². The average Bonchev–Trinajstić information content (AvgIpc) is 2.87. The Morgan fingerprint density at radius 2 is 1.65 bits per heavy atom. The maximum atomic E-state index is 12.3. The van der Waals surface area contributed by atoms with Crippen molar-refractivity contribution in [2.45, 2.75) is 11.4 Å². The predicted octanol–water partition coefficient (Wildman–Crippen LogP) is 3.64. The van der Waals surface area contributed by atoms with E-state index in [0.717, 1.165) is 16.8 Å². The first-order chi connectivity index (χ1) is 9.79. The number of rotatable bonds is 2. The summed E-state index contributed by atoms with van der Waals surface area (Å²) in [7, 11) is 0. The standard InChI is InChI=1S/C15H13NOS.O2/c1-18-13-8-6-12(7-9-13)16-10-11-4-2-3-5-14(11)15(16)17;1-2/h2-9H,10H2,1H3;. The second kappa shape index (κ2) is 6.34. The Morgan fingerprint density at radius 1 is 1.00 bits per heavy atom.